The van der Waals surface area contributed by atoms with Crippen LogP contribution in [0.3, 0.4) is 0 Å². The van der Waals surface area contributed by atoms with Gasteiger partial charge in [0.15, 0.2) is 0 Å². The summed E-state index contributed by atoms with van der Waals surface area (Å²) in [5.74, 6) is 0.347. The number of piperidine rings is 1. The lowest BCUT2D eigenvalue weighted by Gasteiger charge is -2.32. The molecular weight excluding hydrogens is 430 g/mol. The summed E-state index contributed by atoms with van der Waals surface area (Å²) in [5, 5.41) is 2.98. The standard InChI is InChI=1S/C25H31N7O2/c1-2-34-25-23(27)19(26)13-22(31-25)24(33)30-14-17-8-11-32(12-9-17)16-18-6-7-21(29-15-18)20-5-3-4-10-28-20/h3-7,10,13,15,17H,2,8-9,11-12,14,16,27H2,1H3,(H2,26,31)(H,30,33). The van der Waals surface area contributed by atoms with Crippen LogP contribution in [0.4, 0.5) is 11.4 Å². The van der Waals surface area contributed by atoms with E-state index in [1.54, 1.807) is 6.20 Å². The number of hydrogen-bond donors (Lipinski definition) is 3. The molecule has 1 amide bonds. The van der Waals surface area contributed by atoms with Crippen molar-refractivity contribution in [1.82, 2.24) is 25.2 Å². The van der Waals surface area contributed by atoms with E-state index >= 15 is 0 Å². The number of likely N-dealkylation sites (tertiary alicyclic amines) is 1. The normalized spacial score (nSPS) is 14.6. The van der Waals surface area contributed by atoms with Crippen molar-refractivity contribution in [3.8, 4) is 17.3 Å². The van der Waals surface area contributed by atoms with Crippen molar-refractivity contribution in [3.63, 3.8) is 0 Å². The van der Waals surface area contributed by atoms with Crippen LogP contribution in [0, 0.1) is 5.92 Å². The Bertz CT molecular complexity index is 1100. The zero-order valence-corrected chi connectivity index (χ0v) is 19.4. The Morgan fingerprint density at radius 1 is 1.15 bits per heavy atom. The number of rotatable bonds is 8. The number of nitrogens with two attached hydrogens (primary N) is 2. The molecule has 9 heteroatoms. The highest BCUT2D eigenvalue weighted by atomic mass is 16.5. The molecular formula is C25H31N7O2. The minimum absolute atomic E-state index is 0.198. The number of nitrogens with zero attached hydrogens (tertiary/aromatic N) is 4. The number of anilines is 2. The summed E-state index contributed by atoms with van der Waals surface area (Å²) in [6.45, 7) is 5.63. The van der Waals surface area contributed by atoms with Crippen molar-refractivity contribution in [2.24, 2.45) is 5.92 Å². The van der Waals surface area contributed by atoms with E-state index in [0.717, 1.165) is 43.9 Å². The Morgan fingerprint density at radius 2 is 1.94 bits per heavy atom. The third-order valence-electron chi connectivity index (χ3n) is 5.99. The Morgan fingerprint density at radius 3 is 2.62 bits per heavy atom. The fraction of sp³-hybridized carbons (Fsp3) is 0.360. The largest absolute Gasteiger partial charge is 0.476 e. The zero-order valence-electron chi connectivity index (χ0n) is 19.4. The predicted molar refractivity (Wildman–Crippen MR) is 132 cm³/mol. The summed E-state index contributed by atoms with van der Waals surface area (Å²) in [4.78, 5) is 28.1. The SMILES string of the molecule is CCOc1nc(C(=O)NCC2CCN(Cc3ccc(-c4ccccn4)nc3)CC2)cc(N)c1N. The van der Waals surface area contributed by atoms with Crippen molar-refractivity contribution in [2.75, 3.05) is 37.7 Å². The Labute approximate surface area is 199 Å². The maximum Gasteiger partial charge on any atom is 0.270 e. The average molecular weight is 462 g/mol. The Kier molecular flexibility index (Phi) is 7.54. The molecule has 9 nitrogen and oxygen atoms in total. The third-order valence-corrected chi connectivity index (χ3v) is 5.99. The second-order valence-electron chi connectivity index (χ2n) is 8.44. The maximum absolute atomic E-state index is 12.6. The first-order valence-corrected chi connectivity index (χ1v) is 11.6. The van der Waals surface area contributed by atoms with Crippen LogP contribution in [0.5, 0.6) is 5.88 Å². The van der Waals surface area contributed by atoms with E-state index in [-0.39, 0.29) is 23.2 Å². The summed E-state index contributed by atoms with van der Waals surface area (Å²) in [5.41, 5.74) is 15.5. The molecule has 0 aliphatic carbocycles. The lowest BCUT2D eigenvalue weighted by Crippen LogP contribution is -2.38. The molecule has 0 unspecified atom stereocenters. The van der Waals surface area contributed by atoms with E-state index in [4.69, 9.17) is 16.2 Å². The van der Waals surface area contributed by atoms with E-state index in [1.807, 2.05) is 37.4 Å². The van der Waals surface area contributed by atoms with Crippen LogP contribution in [-0.2, 0) is 6.54 Å². The monoisotopic (exact) mass is 461 g/mol. The molecule has 0 spiro atoms. The quantitative estimate of drug-likeness (QED) is 0.466. The van der Waals surface area contributed by atoms with Gasteiger partial charge in [-0.25, -0.2) is 4.98 Å². The number of carbonyl (C=O) groups is 1. The van der Waals surface area contributed by atoms with Crippen molar-refractivity contribution in [2.45, 2.75) is 26.3 Å². The van der Waals surface area contributed by atoms with Gasteiger partial charge < -0.3 is 21.5 Å². The topological polar surface area (TPSA) is 132 Å². The smallest absolute Gasteiger partial charge is 0.270 e. The molecule has 0 aromatic carbocycles. The fourth-order valence-electron chi connectivity index (χ4n) is 4.03. The lowest BCUT2D eigenvalue weighted by molar-refractivity contribution is 0.0929. The average Bonchev–Trinajstić information content (AvgIpc) is 2.87. The minimum atomic E-state index is -0.269. The van der Waals surface area contributed by atoms with Gasteiger partial charge in [0.1, 0.15) is 11.4 Å². The molecule has 0 saturated carbocycles. The van der Waals surface area contributed by atoms with Gasteiger partial charge in [-0.05, 0) is 68.6 Å². The van der Waals surface area contributed by atoms with Gasteiger partial charge in [-0.3, -0.25) is 19.7 Å². The van der Waals surface area contributed by atoms with Crippen LogP contribution in [0.2, 0.25) is 0 Å². The molecule has 34 heavy (non-hydrogen) atoms. The molecule has 1 aliphatic rings. The number of amides is 1. The number of nitrogens with one attached hydrogen (secondary N) is 1. The van der Waals surface area contributed by atoms with Crippen LogP contribution in [0.1, 0.15) is 35.8 Å². The van der Waals surface area contributed by atoms with Gasteiger partial charge in [0.05, 0.1) is 23.7 Å². The van der Waals surface area contributed by atoms with Crippen LogP contribution in [-0.4, -0.2) is 52.0 Å². The highest BCUT2D eigenvalue weighted by Gasteiger charge is 2.21. The van der Waals surface area contributed by atoms with Gasteiger partial charge in [0.25, 0.3) is 5.91 Å². The van der Waals surface area contributed by atoms with Gasteiger partial charge >= 0.3 is 0 Å². The molecule has 5 N–H and O–H groups in total. The summed E-state index contributed by atoms with van der Waals surface area (Å²) in [6, 6.07) is 11.4. The molecule has 0 radical (unpaired) electrons. The number of carbonyl (C=O) groups excluding carboxylic acids is 1. The summed E-state index contributed by atoms with van der Waals surface area (Å²) >= 11 is 0. The minimum Gasteiger partial charge on any atom is -0.476 e. The number of aromatic nitrogens is 3. The number of nitrogen functional groups attached to an aromatic ring is 2. The van der Waals surface area contributed by atoms with Crippen molar-refractivity contribution < 1.29 is 9.53 Å². The van der Waals surface area contributed by atoms with Gasteiger partial charge in [-0.15, -0.1) is 0 Å². The highest BCUT2D eigenvalue weighted by Crippen LogP contribution is 2.26. The van der Waals surface area contributed by atoms with Gasteiger partial charge in [-0.2, -0.15) is 0 Å². The summed E-state index contributed by atoms with van der Waals surface area (Å²) in [7, 11) is 0. The first-order valence-electron chi connectivity index (χ1n) is 11.6. The van der Waals surface area contributed by atoms with Crippen LogP contribution in [0.15, 0.2) is 48.8 Å². The second kappa shape index (κ2) is 10.9. The van der Waals surface area contributed by atoms with E-state index in [2.05, 4.69) is 31.2 Å². The number of pyridine rings is 3. The molecule has 4 heterocycles. The Balaban J connectivity index is 1.24. The molecule has 1 aliphatic heterocycles. The van der Waals surface area contributed by atoms with Crippen molar-refractivity contribution >= 4 is 17.3 Å². The molecule has 3 aromatic rings. The van der Waals surface area contributed by atoms with Crippen LogP contribution < -0.4 is 21.5 Å². The molecule has 0 bridgehead atoms. The van der Waals surface area contributed by atoms with E-state index < -0.39 is 0 Å². The predicted octanol–water partition coefficient (Wildman–Crippen LogP) is 2.74. The first-order chi connectivity index (χ1) is 16.5. The van der Waals surface area contributed by atoms with Gasteiger partial charge in [0, 0.05) is 25.5 Å². The second-order valence-corrected chi connectivity index (χ2v) is 8.44. The van der Waals surface area contributed by atoms with E-state index in [9.17, 15) is 4.79 Å². The number of ether oxygens (including phenoxy) is 1. The molecule has 1 fully saturated rings. The van der Waals surface area contributed by atoms with Crippen molar-refractivity contribution in [3.05, 3.63) is 60.0 Å². The lowest BCUT2D eigenvalue weighted by atomic mass is 9.96. The van der Waals surface area contributed by atoms with E-state index in [0.29, 0.717) is 24.8 Å². The summed E-state index contributed by atoms with van der Waals surface area (Å²) < 4.78 is 5.38. The third kappa shape index (κ3) is 5.79. The maximum atomic E-state index is 12.6. The molecule has 4 rings (SSSR count). The molecule has 1 saturated heterocycles. The summed E-state index contributed by atoms with van der Waals surface area (Å²) in [6.07, 6.45) is 5.73. The van der Waals surface area contributed by atoms with Crippen LogP contribution >= 0.6 is 0 Å². The molecule has 3 aromatic heterocycles. The zero-order chi connectivity index (χ0) is 23.9. The van der Waals surface area contributed by atoms with Gasteiger partial charge in [-0.1, -0.05) is 12.1 Å². The highest BCUT2D eigenvalue weighted by molar-refractivity contribution is 5.94. The van der Waals surface area contributed by atoms with Crippen molar-refractivity contribution in [1.29, 1.82) is 0 Å². The van der Waals surface area contributed by atoms with Gasteiger partial charge in [0.2, 0.25) is 5.88 Å². The number of hydrogen-bond acceptors (Lipinski definition) is 8. The van der Waals surface area contributed by atoms with Crippen LogP contribution in [0.25, 0.3) is 11.4 Å². The first kappa shape index (κ1) is 23.4. The molecule has 178 valence electrons. The fourth-order valence-corrected chi connectivity index (χ4v) is 4.03. The Hall–Kier alpha value is -3.72. The molecule has 0 atom stereocenters. The van der Waals surface area contributed by atoms with E-state index in [1.165, 1.54) is 11.6 Å².